The number of rotatable bonds is 6. The molecule has 0 fully saturated rings. The maximum Gasteiger partial charge on any atom is 0.303 e. The summed E-state index contributed by atoms with van der Waals surface area (Å²) in [5, 5.41) is 9.06. The van der Waals surface area contributed by atoms with Crippen LogP contribution in [0, 0.1) is 0 Å². The Labute approximate surface area is 133 Å². The van der Waals surface area contributed by atoms with Crippen LogP contribution in [0.15, 0.2) is 60.7 Å². The largest absolute Gasteiger partial charge is 0.481 e. The highest BCUT2D eigenvalue weighted by molar-refractivity contribution is 14.1. The van der Waals surface area contributed by atoms with Crippen LogP contribution in [0.5, 0.6) is 0 Å². The molecule has 20 heavy (non-hydrogen) atoms. The van der Waals surface area contributed by atoms with Gasteiger partial charge in [0, 0.05) is 16.3 Å². The van der Waals surface area contributed by atoms with Crippen molar-refractivity contribution in [2.75, 3.05) is 4.43 Å². The summed E-state index contributed by atoms with van der Waals surface area (Å²) in [6.45, 7) is 0. The van der Waals surface area contributed by atoms with Crippen LogP contribution in [0.4, 0.5) is 0 Å². The topological polar surface area (TPSA) is 37.3 Å². The predicted molar refractivity (Wildman–Crippen MR) is 89.4 cm³/mol. The number of hydrogen-bond donors (Lipinski definition) is 1. The van der Waals surface area contributed by atoms with Crippen molar-refractivity contribution in [3.05, 3.63) is 71.8 Å². The van der Waals surface area contributed by atoms with Crippen LogP contribution in [0.25, 0.3) is 0 Å². The first kappa shape index (κ1) is 15.0. The van der Waals surface area contributed by atoms with Crippen molar-refractivity contribution in [2.45, 2.75) is 18.3 Å². The van der Waals surface area contributed by atoms with Crippen molar-refractivity contribution in [1.82, 2.24) is 0 Å². The van der Waals surface area contributed by atoms with E-state index in [1.807, 2.05) is 36.4 Å². The van der Waals surface area contributed by atoms with E-state index in [1.165, 1.54) is 11.1 Å². The predicted octanol–water partition coefficient (Wildman–Crippen LogP) is 4.27. The Kier molecular flexibility index (Phi) is 5.17. The van der Waals surface area contributed by atoms with Crippen LogP contribution >= 0.6 is 22.6 Å². The Bertz CT molecular complexity index is 512. The normalized spacial score (nSPS) is 11.2. The van der Waals surface area contributed by atoms with Gasteiger partial charge in [-0.3, -0.25) is 4.79 Å². The number of carboxylic acid groups (broad SMARTS) is 1. The molecule has 0 atom stereocenters. The number of benzene rings is 2. The molecule has 0 saturated carbocycles. The van der Waals surface area contributed by atoms with E-state index in [1.54, 1.807) is 0 Å². The summed E-state index contributed by atoms with van der Waals surface area (Å²) in [6.07, 6.45) is 0.784. The van der Waals surface area contributed by atoms with Gasteiger partial charge in [-0.15, -0.1) is 0 Å². The van der Waals surface area contributed by atoms with E-state index in [2.05, 4.69) is 46.9 Å². The maximum absolute atomic E-state index is 11.0. The van der Waals surface area contributed by atoms with E-state index in [0.29, 0.717) is 6.42 Å². The summed E-state index contributed by atoms with van der Waals surface area (Å²) in [4.78, 5) is 11.0. The fourth-order valence-electron chi connectivity index (χ4n) is 2.51. The molecule has 0 heterocycles. The average Bonchev–Trinajstić information content (AvgIpc) is 2.50. The van der Waals surface area contributed by atoms with Crippen molar-refractivity contribution in [1.29, 1.82) is 0 Å². The molecule has 3 heteroatoms. The molecule has 0 unspecified atom stereocenters. The van der Waals surface area contributed by atoms with Gasteiger partial charge in [-0.05, 0) is 17.5 Å². The van der Waals surface area contributed by atoms with Crippen molar-refractivity contribution in [3.8, 4) is 0 Å². The molecule has 0 aromatic heterocycles. The molecule has 2 nitrogen and oxygen atoms in total. The van der Waals surface area contributed by atoms with Gasteiger partial charge in [-0.25, -0.2) is 0 Å². The molecule has 0 amide bonds. The molecule has 2 aromatic carbocycles. The lowest BCUT2D eigenvalue weighted by atomic mass is 9.73. The molecule has 0 bridgehead atoms. The van der Waals surface area contributed by atoms with Crippen molar-refractivity contribution in [2.24, 2.45) is 0 Å². The number of halogens is 1. The highest BCUT2D eigenvalue weighted by atomic mass is 127. The first-order valence-electron chi connectivity index (χ1n) is 6.58. The van der Waals surface area contributed by atoms with Gasteiger partial charge in [0.2, 0.25) is 0 Å². The summed E-state index contributed by atoms with van der Waals surface area (Å²) in [5.41, 5.74) is 2.13. The third-order valence-corrected chi connectivity index (χ3v) is 4.95. The SMILES string of the molecule is O=C(O)CCC(CI)(c1ccccc1)c1ccccc1. The van der Waals surface area contributed by atoms with Gasteiger partial charge in [0.15, 0.2) is 0 Å². The first-order valence-corrected chi connectivity index (χ1v) is 8.10. The summed E-state index contributed by atoms with van der Waals surface area (Å²) in [5.74, 6) is -0.744. The molecule has 2 rings (SSSR count). The van der Waals surface area contributed by atoms with E-state index in [9.17, 15) is 4.79 Å². The van der Waals surface area contributed by atoms with Crippen LogP contribution < -0.4 is 0 Å². The van der Waals surface area contributed by atoms with Crippen molar-refractivity contribution < 1.29 is 9.90 Å². The molecule has 0 aliphatic rings. The molecule has 0 radical (unpaired) electrons. The molecule has 0 aliphatic carbocycles. The van der Waals surface area contributed by atoms with Crippen LogP contribution in [0.1, 0.15) is 24.0 Å². The zero-order valence-electron chi connectivity index (χ0n) is 11.1. The maximum atomic E-state index is 11.0. The van der Waals surface area contributed by atoms with Gasteiger partial charge in [-0.1, -0.05) is 83.3 Å². The van der Waals surface area contributed by atoms with Gasteiger partial charge in [-0.2, -0.15) is 0 Å². The van der Waals surface area contributed by atoms with Gasteiger partial charge >= 0.3 is 5.97 Å². The second-order valence-electron chi connectivity index (χ2n) is 4.84. The third kappa shape index (κ3) is 3.20. The Morgan fingerprint density at radius 1 is 0.950 bits per heavy atom. The van der Waals surface area contributed by atoms with Crippen molar-refractivity contribution >= 4 is 28.6 Å². The van der Waals surface area contributed by atoms with Gasteiger partial charge in [0.05, 0.1) is 0 Å². The van der Waals surface area contributed by atoms with Gasteiger partial charge < -0.3 is 5.11 Å². The summed E-state index contributed by atoms with van der Waals surface area (Å²) >= 11 is 2.36. The Morgan fingerprint density at radius 3 is 1.75 bits per heavy atom. The Morgan fingerprint density at radius 2 is 1.40 bits per heavy atom. The zero-order valence-corrected chi connectivity index (χ0v) is 13.3. The molecule has 2 aromatic rings. The van der Waals surface area contributed by atoms with E-state index < -0.39 is 5.97 Å². The van der Waals surface area contributed by atoms with Crippen LogP contribution in [-0.4, -0.2) is 15.5 Å². The Hall–Kier alpha value is -1.36. The molecule has 0 spiro atoms. The lowest BCUT2D eigenvalue weighted by Gasteiger charge is -2.33. The van der Waals surface area contributed by atoms with Crippen LogP contribution in [-0.2, 0) is 10.2 Å². The summed E-state index contributed by atoms with van der Waals surface area (Å²) < 4.78 is 0.853. The van der Waals surface area contributed by atoms with Crippen LogP contribution in [0.2, 0.25) is 0 Å². The molecule has 0 aliphatic heterocycles. The van der Waals surface area contributed by atoms with Crippen LogP contribution in [0.3, 0.4) is 0 Å². The zero-order chi connectivity index (χ0) is 14.4. The number of alkyl halides is 1. The summed E-state index contributed by atoms with van der Waals surface area (Å²) in [7, 11) is 0. The molecule has 0 saturated heterocycles. The minimum atomic E-state index is -0.744. The second kappa shape index (κ2) is 6.88. The lowest BCUT2D eigenvalue weighted by Crippen LogP contribution is -2.30. The fourth-order valence-corrected chi connectivity index (χ4v) is 3.77. The molecule has 1 N–H and O–H groups in total. The van der Waals surface area contributed by atoms with Gasteiger partial charge in [0.1, 0.15) is 0 Å². The highest BCUT2D eigenvalue weighted by Gasteiger charge is 2.33. The monoisotopic (exact) mass is 380 g/mol. The van der Waals surface area contributed by atoms with E-state index in [4.69, 9.17) is 5.11 Å². The van der Waals surface area contributed by atoms with Gasteiger partial charge in [0.25, 0.3) is 0 Å². The average molecular weight is 380 g/mol. The van der Waals surface area contributed by atoms with E-state index in [-0.39, 0.29) is 11.8 Å². The minimum Gasteiger partial charge on any atom is -0.481 e. The minimum absolute atomic E-state index is 0.173. The Balaban J connectivity index is 2.49. The molecular formula is C17H17IO2. The smallest absolute Gasteiger partial charge is 0.303 e. The summed E-state index contributed by atoms with van der Waals surface area (Å²) in [6, 6.07) is 20.4. The third-order valence-electron chi connectivity index (χ3n) is 3.65. The first-order chi connectivity index (χ1) is 9.69. The van der Waals surface area contributed by atoms with Crippen molar-refractivity contribution in [3.63, 3.8) is 0 Å². The quantitative estimate of drug-likeness (QED) is 0.600. The second-order valence-corrected chi connectivity index (χ2v) is 5.60. The highest BCUT2D eigenvalue weighted by Crippen LogP contribution is 2.38. The molecular weight excluding hydrogens is 363 g/mol. The number of carbonyl (C=O) groups is 1. The van der Waals surface area contributed by atoms with E-state index in [0.717, 1.165) is 4.43 Å². The number of carboxylic acids is 1. The number of aliphatic carboxylic acids is 1. The van der Waals surface area contributed by atoms with E-state index >= 15 is 0 Å². The standard InChI is InChI=1S/C17H17IO2/c18-13-17(12-11-16(19)20,14-7-3-1-4-8-14)15-9-5-2-6-10-15/h1-10H,11-13H2,(H,19,20). The lowest BCUT2D eigenvalue weighted by molar-refractivity contribution is -0.137. The fraction of sp³-hybridized carbons (Fsp3) is 0.235. The molecule has 104 valence electrons. The number of hydrogen-bond acceptors (Lipinski definition) is 1.